The van der Waals surface area contributed by atoms with Crippen molar-refractivity contribution in [2.45, 2.75) is 20.3 Å². The van der Waals surface area contributed by atoms with Crippen LogP contribution >= 0.6 is 0 Å². The van der Waals surface area contributed by atoms with Crippen LogP contribution in [0.2, 0.25) is 0 Å². The molecule has 0 unspecified atom stereocenters. The van der Waals surface area contributed by atoms with Gasteiger partial charge in [0.1, 0.15) is 0 Å². The maximum Gasteiger partial charge on any atom is 0.337 e. The van der Waals surface area contributed by atoms with E-state index in [1.807, 2.05) is 13.8 Å². The molecule has 0 radical (unpaired) electrons. The standard InChI is InChI=1S/C12H14O4/c1-7-4-10(12(15)16-3)5-9(8(7)2)6-11(13)14/h4-5H,6H2,1-3H3,(H,13,14). The zero-order valence-electron chi connectivity index (χ0n) is 9.53. The Hall–Kier alpha value is -1.84. The molecule has 16 heavy (non-hydrogen) atoms. The molecule has 0 aliphatic heterocycles. The number of aryl methyl sites for hydroxylation is 1. The fraction of sp³-hybridized carbons (Fsp3) is 0.333. The Bertz CT molecular complexity index is 435. The number of carbonyl (C=O) groups excluding carboxylic acids is 1. The number of benzene rings is 1. The van der Waals surface area contributed by atoms with Gasteiger partial charge in [-0.1, -0.05) is 0 Å². The Morgan fingerprint density at radius 2 is 1.94 bits per heavy atom. The van der Waals surface area contributed by atoms with E-state index in [9.17, 15) is 9.59 Å². The number of carbonyl (C=O) groups is 2. The van der Waals surface area contributed by atoms with Crippen LogP contribution in [0.4, 0.5) is 0 Å². The van der Waals surface area contributed by atoms with Gasteiger partial charge in [-0.25, -0.2) is 4.79 Å². The van der Waals surface area contributed by atoms with E-state index < -0.39 is 11.9 Å². The molecule has 4 heteroatoms. The predicted octanol–water partition coefficient (Wildman–Crippen LogP) is 1.72. The SMILES string of the molecule is COC(=O)c1cc(C)c(C)c(CC(=O)O)c1. The summed E-state index contributed by atoms with van der Waals surface area (Å²) in [5.74, 6) is -1.36. The van der Waals surface area contributed by atoms with Gasteiger partial charge >= 0.3 is 11.9 Å². The first-order valence-corrected chi connectivity index (χ1v) is 4.86. The first-order valence-electron chi connectivity index (χ1n) is 4.86. The van der Waals surface area contributed by atoms with Gasteiger partial charge in [0.25, 0.3) is 0 Å². The number of esters is 1. The molecule has 0 aliphatic rings. The van der Waals surface area contributed by atoms with Crippen LogP contribution in [0.1, 0.15) is 27.0 Å². The first kappa shape index (κ1) is 12.2. The molecule has 0 saturated carbocycles. The van der Waals surface area contributed by atoms with Crippen molar-refractivity contribution in [1.82, 2.24) is 0 Å². The summed E-state index contributed by atoms with van der Waals surface area (Å²) in [6, 6.07) is 3.27. The van der Waals surface area contributed by atoms with Gasteiger partial charge in [-0.2, -0.15) is 0 Å². The lowest BCUT2D eigenvalue weighted by Gasteiger charge is -2.09. The average Bonchev–Trinajstić information content (AvgIpc) is 2.22. The average molecular weight is 222 g/mol. The van der Waals surface area contributed by atoms with Crippen LogP contribution in [0.15, 0.2) is 12.1 Å². The summed E-state index contributed by atoms with van der Waals surface area (Å²) < 4.78 is 4.60. The molecule has 0 saturated heterocycles. The summed E-state index contributed by atoms with van der Waals surface area (Å²) in [6.07, 6.45) is -0.0858. The summed E-state index contributed by atoms with van der Waals surface area (Å²) in [7, 11) is 1.30. The van der Waals surface area contributed by atoms with Gasteiger partial charge in [-0.3, -0.25) is 4.79 Å². The molecular weight excluding hydrogens is 208 g/mol. The van der Waals surface area contributed by atoms with Crippen molar-refractivity contribution in [1.29, 1.82) is 0 Å². The molecule has 1 N–H and O–H groups in total. The Morgan fingerprint density at radius 3 is 2.44 bits per heavy atom. The molecule has 0 heterocycles. The van der Waals surface area contributed by atoms with E-state index in [1.165, 1.54) is 7.11 Å². The molecule has 0 spiro atoms. The van der Waals surface area contributed by atoms with Crippen LogP contribution < -0.4 is 0 Å². The van der Waals surface area contributed by atoms with Crippen LogP contribution in [-0.2, 0) is 16.0 Å². The highest BCUT2D eigenvalue weighted by molar-refractivity contribution is 5.90. The van der Waals surface area contributed by atoms with E-state index in [4.69, 9.17) is 5.11 Å². The molecule has 0 aliphatic carbocycles. The second-order valence-corrected chi connectivity index (χ2v) is 3.64. The van der Waals surface area contributed by atoms with Gasteiger partial charge in [0.05, 0.1) is 19.1 Å². The van der Waals surface area contributed by atoms with Crippen LogP contribution in [-0.4, -0.2) is 24.2 Å². The highest BCUT2D eigenvalue weighted by atomic mass is 16.5. The number of carboxylic acid groups (broad SMARTS) is 1. The number of rotatable bonds is 3. The highest BCUT2D eigenvalue weighted by Gasteiger charge is 2.12. The topological polar surface area (TPSA) is 63.6 Å². The quantitative estimate of drug-likeness (QED) is 0.791. The number of methoxy groups -OCH3 is 1. The molecule has 0 aromatic heterocycles. The third kappa shape index (κ3) is 2.59. The lowest BCUT2D eigenvalue weighted by Crippen LogP contribution is -2.07. The summed E-state index contributed by atoms with van der Waals surface area (Å²) in [6.45, 7) is 3.68. The van der Waals surface area contributed by atoms with E-state index in [0.717, 1.165) is 11.1 Å². The highest BCUT2D eigenvalue weighted by Crippen LogP contribution is 2.17. The molecule has 1 aromatic rings. The third-order valence-corrected chi connectivity index (χ3v) is 2.54. The van der Waals surface area contributed by atoms with Crippen molar-refractivity contribution in [3.05, 3.63) is 34.4 Å². The van der Waals surface area contributed by atoms with Crippen molar-refractivity contribution in [3.63, 3.8) is 0 Å². The normalized spacial score (nSPS) is 9.94. The second-order valence-electron chi connectivity index (χ2n) is 3.64. The summed E-state index contributed by atoms with van der Waals surface area (Å²) in [5, 5.41) is 8.75. The van der Waals surface area contributed by atoms with Gasteiger partial charge in [0.2, 0.25) is 0 Å². The lowest BCUT2D eigenvalue weighted by atomic mass is 9.97. The fourth-order valence-electron chi connectivity index (χ4n) is 1.51. The number of aliphatic carboxylic acids is 1. The van der Waals surface area contributed by atoms with Gasteiger partial charge in [0.15, 0.2) is 0 Å². The van der Waals surface area contributed by atoms with Gasteiger partial charge in [0, 0.05) is 0 Å². The van der Waals surface area contributed by atoms with E-state index in [-0.39, 0.29) is 6.42 Å². The monoisotopic (exact) mass is 222 g/mol. The maximum atomic E-state index is 11.3. The van der Waals surface area contributed by atoms with Gasteiger partial charge < -0.3 is 9.84 Å². The molecule has 86 valence electrons. The molecule has 1 rings (SSSR count). The molecule has 0 atom stereocenters. The van der Waals surface area contributed by atoms with Crippen LogP contribution in [0.5, 0.6) is 0 Å². The number of ether oxygens (including phenoxy) is 1. The zero-order chi connectivity index (χ0) is 12.3. The second kappa shape index (κ2) is 4.79. The largest absolute Gasteiger partial charge is 0.481 e. The molecule has 4 nitrogen and oxygen atoms in total. The third-order valence-electron chi connectivity index (χ3n) is 2.54. The van der Waals surface area contributed by atoms with Crippen molar-refractivity contribution in [2.24, 2.45) is 0 Å². The van der Waals surface area contributed by atoms with Gasteiger partial charge in [-0.15, -0.1) is 0 Å². The van der Waals surface area contributed by atoms with Crippen LogP contribution in [0, 0.1) is 13.8 Å². The zero-order valence-corrected chi connectivity index (χ0v) is 9.53. The van der Waals surface area contributed by atoms with E-state index in [2.05, 4.69) is 4.74 Å². The van der Waals surface area contributed by atoms with Crippen LogP contribution in [0.3, 0.4) is 0 Å². The molecule has 0 amide bonds. The van der Waals surface area contributed by atoms with Crippen molar-refractivity contribution in [3.8, 4) is 0 Å². The molecule has 0 bridgehead atoms. The van der Waals surface area contributed by atoms with E-state index in [0.29, 0.717) is 11.1 Å². The number of carboxylic acids is 1. The Morgan fingerprint density at radius 1 is 1.31 bits per heavy atom. The first-order chi connectivity index (χ1) is 7.45. The minimum Gasteiger partial charge on any atom is -0.481 e. The smallest absolute Gasteiger partial charge is 0.337 e. The Balaban J connectivity index is 3.21. The summed E-state index contributed by atoms with van der Waals surface area (Å²) in [5.41, 5.74) is 2.82. The Kier molecular flexibility index (Phi) is 3.66. The van der Waals surface area contributed by atoms with Crippen molar-refractivity contribution < 1.29 is 19.4 Å². The lowest BCUT2D eigenvalue weighted by molar-refractivity contribution is -0.136. The van der Waals surface area contributed by atoms with Crippen molar-refractivity contribution >= 4 is 11.9 Å². The predicted molar refractivity (Wildman–Crippen MR) is 58.6 cm³/mol. The fourth-order valence-corrected chi connectivity index (χ4v) is 1.51. The number of hydrogen-bond donors (Lipinski definition) is 1. The molecular formula is C12H14O4. The van der Waals surface area contributed by atoms with Crippen LogP contribution in [0.25, 0.3) is 0 Å². The molecule has 1 aromatic carbocycles. The minimum atomic E-state index is -0.912. The van der Waals surface area contributed by atoms with E-state index >= 15 is 0 Å². The number of hydrogen-bond acceptors (Lipinski definition) is 3. The van der Waals surface area contributed by atoms with Gasteiger partial charge in [-0.05, 0) is 42.7 Å². The maximum absolute atomic E-state index is 11.3. The minimum absolute atomic E-state index is 0.0858. The summed E-state index contributed by atoms with van der Waals surface area (Å²) in [4.78, 5) is 22.0. The Labute approximate surface area is 93.9 Å². The van der Waals surface area contributed by atoms with E-state index in [1.54, 1.807) is 12.1 Å². The summed E-state index contributed by atoms with van der Waals surface area (Å²) >= 11 is 0. The molecule has 0 fully saturated rings. The van der Waals surface area contributed by atoms with Crippen molar-refractivity contribution in [2.75, 3.05) is 7.11 Å².